The van der Waals surface area contributed by atoms with Gasteiger partial charge in [-0.2, -0.15) is 42.8 Å². The van der Waals surface area contributed by atoms with Crippen molar-refractivity contribution >= 4 is 0 Å². The van der Waals surface area contributed by atoms with E-state index in [1.165, 1.54) is 5.56 Å². The maximum Gasteiger partial charge on any atom is 0 e. The van der Waals surface area contributed by atoms with Gasteiger partial charge in [0.1, 0.15) is 0 Å². The second kappa shape index (κ2) is 11.0. The quantitative estimate of drug-likeness (QED) is 0.733. The Hall–Kier alpha value is -0.456. The molecule has 0 saturated heterocycles. The van der Waals surface area contributed by atoms with Crippen LogP contribution in [0.2, 0.25) is 0 Å². The molecule has 2 rings (SSSR count). The Kier molecular flexibility index (Phi) is 10.7. The molecule has 2 aromatic carbocycles. The fraction of sp³-hybridized carbons (Fsp3) is 0.133. The van der Waals surface area contributed by atoms with E-state index < -0.39 is 0 Å². The van der Waals surface area contributed by atoms with Crippen molar-refractivity contribution in [3.8, 4) is 0 Å². The molecule has 0 atom stereocenters. The Morgan fingerprint density at radius 3 is 1.81 bits per heavy atom. The van der Waals surface area contributed by atoms with E-state index in [1.54, 1.807) is 0 Å². The minimum atomic E-state index is 0. The van der Waals surface area contributed by atoms with E-state index in [-0.39, 0.29) is 32.7 Å². The van der Waals surface area contributed by atoms with Crippen LogP contribution >= 0.6 is 0 Å². The molecule has 0 aromatic heterocycles. The van der Waals surface area contributed by atoms with Crippen molar-refractivity contribution in [3.05, 3.63) is 79.2 Å². The first kappa shape index (κ1) is 15.5. The molecule has 1 radical (unpaired) electrons. The molecule has 0 saturated carbocycles. The second-order valence-electron chi connectivity index (χ2n) is 3.17. The van der Waals surface area contributed by atoms with Gasteiger partial charge in [-0.1, -0.05) is 42.3 Å². The van der Waals surface area contributed by atoms with Crippen LogP contribution in [0, 0.1) is 13.0 Å². The third kappa shape index (κ3) is 7.79. The molecular formula is C15H16Y-2. The van der Waals surface area contributed by atoms with E-state index in [4.69, 9.17) is 0 Å². The zero-order chi connectivity index (χ0) is 10.8. The molecule has 0 aliphatic heterocycles. The summed E-state index contributed by atoms with van der Waals surface area (Å²) in [6.45, 7) is 3.78. The van der Waals surface area contributed by atoms with Gasteiger partial charge in [0.15, 0.2) is 0 Å². The summed E-state index contributed by atoms with van der Waals surface area (Å²) < 4.78 is 0. The summed E-state index contributed by atoms with van der Waals surface area (Å²) >= 11 is 0. The molecule has 0 aliphatic carbocycles. The Labute approximate surface area is 124 Å². The van der Waals surface area contributed by atoms with Crippen LogP contribution in [0.5, 0.6) is 0 Å². The van der Waals surface area contributed by atoms with Gasteiger partial charge in [-0.15, -0.1) is 0 Å². The number of hydrogen-bond acceptors (Lipinski definition) is 0. The maximum atomic E-state index is 3.78. The van der Waals surface area contributed by atoms with Crippen LogP contribution in [0.4, 0.5) is 0 Å². The summed E-state index contributed by atoms with van der Waals surface area (Å²) in [7, 11) is 0. The summed E-state index contributed by atoms with van der Waals surface area (Å²) in [5.74, 6) is 0. The van der Waals surface area contributed by atoms with E-state index in [0.717, 1.165) is 12.8 Å². The number of aryl methyl sites for hydroxylation is 1. The first-order chi connectivity index (χ1) is 7.43. The van der Waals surface area contributed by atoms with Gasteiger partial charge in [0.2, 0.25) is 0 Å². The topological polar surface area (TPSA) is 0 Å². The number of hydrogen-bond donors (Lipinski definition) is 0. The van der Waals surface area contributed by atoms with Crippen molar-refractivity contribution < 1.29 is 32.7 Å². The summed E-state index contributed by atoms with van der Waals surface area (Å²) in [6.07, 6.45) is 2.09. The Bertz CT molecular complexity index is 302. The average Bonchev–Trinajstić information content (AvgIpc) is 2.34. The smallest absolute Gasteiger partial charge is 0 e. The van der Waals surface area contributed by atoms with Gasteiger partial charge >= 0.3 is 0 Å². The molecule has 0 nitrogen and oxygen atoms in total. The van der Waals surface area contributed by atoms with Crippen LogP contribution in [0.15, 0.2) is 60.7 Å². The molecule has 0 aliphatic rings. The van der Waals surface area contributed by atoms with Gasteiger partial charge in [0.05, 0.1) is 0 Å². The first-order valence-electron chi connectivity index (χ1n) is 5.17. The van der Waals surface area contributed by atoms with Gasteiger partial charge in [0.25, 0.3) is 0 Å². The van der Waals surface area contributed by atoms with E-state index in [0.29, 0.717) is 0 Å². The third-order valence-corrected chi connectivity index (χ3v) is 1.92. The largest absolute Gasteiger partial charge is 0.343 e. The average molecular weight is 285 g/mol. The summed E-state index contributed by atoms with van der Waals surface area (Å²) in [5.41, 5.74) is 1.38. The molecule has 0 amide bonds. The van der Waals surface area contributed by atoms with Crippen molar-refractivity contribution in [1.29, 1.82) is 0 Å². The standard InChI is InChI=1S/C9H11.C6H5.Y/c1-2-6-9-7-4-3-5-8-9;1-2-4-6-5-3-1;/h3-5,7-8H,1-2,6H2;1-5H;/q2*-1;. The normalized spacial score (nSPS) is 8.31. The molecule has 0 heterocycles. The van der Waals surface area contributed by atoms with Crippen LogP contribution in [0.3, 0.4) is 0 Å². The van der Waals surface area contributed by atoms with Crippen LogP contribution < -0.4 is 0 Å². The van der Waals surface area contributed by atoms with Crippen molar-refractivity contribution in [2.45, 2.75) is 12.8 Å². The Morgan fingerprint density at radius 1 is 0.875 bits per heavy atom. The SMILES string of the molecule is [CH2-]CCc1ccccc1.[Y].[c-]1ccccc1. The Balaban J connectivity index is 0.000000283. The fourth-order valence-electron chi connectivity index (χ4n) is 1.19. The van der Waals surface area contributed by atoms with Gasteiger partial charge in [-0.05, 0) is 0 Å². The molecule has 1 heteroatoms. The predicted octanol–water partition coefficient (Wildman–Crippen LogP) is 3.94. The maximum absolute atomic E-state index is 3.78. The van der Waals surface area contributed by atoms with E-state index >= 15 is 0 Å². The van der Waals surface area contributed by atoms with Crippen molar-refractivity contribution in [2.24, 2.45) is 0 Å². The van der Waals surface area contributed by atoms with Gasteiger partial charge < -0.3 is 6.92 Å². The van der Waals surface area contributed by atoms with E-state index in [1.807, 2.05) is 36.4 Å². The number of rotatable bonds is 2. The molecule has 0 fully saturated rings. The number of benzene rings is 2. The molecular weight excluding hydrogens is 269 g/mol. The zero-order valence-electron chi connectivity index (χ0n) is 9.47. The monoisotopic (exact) mass is 285 g/mol. The van der Waals surface area contributed by atoms with Gasteiger partial charge in [-0.25, -0.2) is 0 Å². The summed E-state index contributed by atoms with van der Waals surface area (Å²) in [4.78, 5) is 0. The molecule has 2 aromatic rings. The second-order valence-corrected chi connectivity index (χ2v) is 3.17. The molecule has 0 unspecified atom stereocenters. The van der Waals surface area contributed by atoms with Crippen LogP contribution in [0.25, 0.3) is 0 Å². The molecule has 0 bridgehead atoms. The minimum absolute atomic E-state index is 0. The molecule has 0 spiro atoms. The first-order valence-corrected chi connectivity index (χ1v) is 5.17. The Morgan fingerprint density at radius 2 is 1.44 bits per heavy atom. The van der Waals surface area contributed by atoms with Crippen LogP contribution in [0.1, 0.15) is 12.0 Å². The summed E-state index contributed by atoms with van der Waals surface area (Å²) in [5, 5.41) is 0. The van der Waals surface area contributed by atoms with E-state index in [2.05, 4.69) is 37.3 Å². The zero-order valence-corrected chi connectivity index (χ0v) is 12.3. The van der Waals surface area contributed by atoms with E-state index in [9.17, 15) is 0 Å². The van der Waals surface area contributed by atoms with Crippen molar-refractivity contribution in [2.75, 3.05) is 0 Å². The van der Waals surface area contributed by atoms with Gasteiger partial charge in [-0.3, -0.25) is 0 Å². The molecule has 16 heavy (non-hydrogen) atoms. The fourth-order valence-corrected chi connectivity index (χ4v) is 1.19. The predicted molar refractivity (Wildman–Crippen MR) is 65.4 cm³/mol. The van der Waals surface area contributed by atoms with Crippen LogP contribution in [-0.4, -0.2) is 0 Å². The van der Waals surface area contributed by atoms with Crippen LogP contribution in [-0.2, 0) is 39.1 Å². The van der Waals surface area contributed by atoms with Crippen molar-refractivity contribution in [1.82, 2.24) is 0 Å². The van der Waals surface area contributed by atoms with Crippen molar-refractivity contribution in [3.63, 3.8) is 0 Å². The third-order valence-electron chi connectivity index (χ3n) is 1.92. The molecule has 81 valence electrons. The molecule has 0 N–H and O–H groups in total. The minimum Gasteiger partial charge on any atom is -0.343 e. The summed E-state index contributed by atoms with van der Waals surface area (Å²) in [6, 6.07) is 22.9. The van der Waals surface area contributed by atoms with Gasteiger partial charge in [0, 0.05) is 32.7 Å².